The van der Waals surface area contributed by atoms with Crippen molar-refractivity contribution in [1.82, 2.24) is 0 Å². The van der Waals surface area contributed by atoms with Crippen molar-refractivity contribution in [3.63, 3.8) is 0 Å². The Morgan fingerprint density at radius 1 is 1.27 bits per heavy atom. The summed E-state index contributed by atoms with van der Waals surface area (Å²) in [6, 6.07) is 9.49. The number of aryl methyl sites for hydroxylation is 1. The number of hydrogen-bond donors (Lipinski definition) is 0. The molecular formula is C14H23N. The number of para-hydroxylation sites is 1. The van der Waals surface area contributed by atoms with Crippen molar-refractivity contribution in [3.8, 4) is 0 Å². The van der Waals surface area contributed by atoms with Crippen LogP contribution in [0, 0.1) is 0 Å². The van der Waals surface area contributed by atoms with Crippen LogP contribution in [0.1, 0.15) is 39.7 Å². The van der Waals surface area contributed by atoms with E-state index in [1.54, 1.807) is 0 Å². The van der Waals surface area contributed by atoms with E-state index in [0.717, 1.165) is 6.54 Å². The molecular weight excluding hydrogens is 182 g/mol. The van der Waals surface area contributed by atoms with Crippen molar-refractivity contribution in [1.29, 1.82) is 0 Å². The van der Waals surface area contributed by atoms with E-state index in [2.05, 4.69) is 43.0 Å². The molecule has 0 spiro atoms. The molecule has 0 aliphatic carbocycles. The summed E-state index contributed by atoms with van der Waals surface area (Å²) in [4.78, 5) is 2.50. The van der Waals surface area contributed by atoms with Crippen LogP contribution in [0.2, 0.25) is 0 Å². The minimum absolute atomic E-state index is 0.708. The zero-order valence-electron chi connectivity index (χ0n) is 10.5. The molecule has 0 aromatic heterocycles. The van der Waals surface area contributed by atoms with Gasteiger partial charge in [0.1, 0.15) is 0 Å². The van der Waals surface area contributed by atoms with E-state index in [4.69, 9.17) is 0 Å². The van der Waals surface area contributed by atoms with Gasteiger partial charge in [0.2, 0.25) is 0 Å². The van der Waals surface area contributed by atoms with Gasteiger partial charge < -0.3 is 4.90 Å². The highest BCUT2D eigenvalue weighted by molar-refractivity contribution is 5.56. The molecule has 0 radical (unpaired) electrons. The molecule has 1 aliphatic rings. The second-order valence-electron chi connectivity index (χ2n) is 3.80. The second-order valence-corrected chi connectivity index (χ2v) is 3.80. The predicted octanol–water partition coefficient (Wildman–Crippen LogP) is 3.87. The molecule has 1 aliphatic heterocycles. The molecule has 1 nitrogen and oxygen atoms in total. The summed E-state index contributed by atoms with van der Waals surface area (Å²) in [7, 11) is 0. The van der Waals surface area contributed by atoms with Crippen molar-refractivity contribution in [3.05, 3.63) is 29.8 Å². The van der Waals surface area contributed by atoms with E-state index in [0.29, 0.717) is 6.04 Å². The molecule has 1 heteroatoms. The largest absolute Gasteiger partial charge is 0.369 e. The van der Waals surface area contributed by atoms with Crippen LogP contribution >= 0.6 is 0 Å². The average molecular weight is 205 g/mol. The standard InChI is InChI=1S/C12H17N.C2H6/c1-3-13-10(2)8-9-11-6-4-5-7-12(11)13;1-2/h4-7,10H,3,8-9H2,1-2H3;1-2H3. The summed E-state index contributed by atoms with van der Waals surface area (Å²) in [6.07, 6.45) is 2.54. The number of hydrogen-bond acceptors (Lipinski definition) is 1. The Labute approximate surface area is 94.1 Å². The van der Waals surface area contributed by atoms with Crippen LogP contribution in [0.4, 0.5) is 5.69 Å². The van der Waals surface area contributed by atoms with E-state index < -0.39 is 0 Å². The van der Waals surface area contributed by atoms with Crippen molar-refractivity contribution in [2.24, 2.45) is 0 Å². The summed E-state index contributed by atoms with van der Waals surface area (Å²) in [5.41, 5.74) is 2.96. The van der Waals surface area contributed by atoms with Crippen molar-refractivity contribution >= 4 is 5.69 Å². The van der Waals surface area contributed by atoms with Crippen molar-refractivity contribution in [2.75, 3.05) is 11.4 Å². The minimum Gasteiger partial charge on any atom is -0.369 e. The zero-order valence-corrected chi connectivity index (χ0v) is 10.5. The fraction of sp³-hybridized carbons (Fsp3) is 0.571. The van der Waals surface area contributed by atoms with Crippen LogP contribution in [0.25, 0.3) is 0 Å². The first-order valence-electron chi connectivity index (χ1n) is 6.17. The van der Waals surface area contributed by atoms with Crippen LogP contribution in [-0.4, -0.2) is 12.6 Å². The fourth-order valence-corrected chi connectivity index (χ4v) is 2.24. The fourth-order valence-electron chi connectivity index (χ4n) is 2.24. The SMILES string of the molecule is CC.CCN1c2ccccc2CCC1C. The zero-order chi connectivity index (χ0) is 11.3. The Kier molecular flexibility index (Phi) is 4.67. The first-order chi connectivity index (χ1) is 7.33. The van der Waals surface area contributed by atoms with Crippen LogP contribution in [0.5, 0.6) is 0 Å². The van der Waals surface area contributed by atoms with Gasteiger partial charge in [-0.2, -0.15) is 0 Å². The Balaban J connectivity index is 0.000000531. The van der Waals surface area contributed by atoms with Gasteiger partial charge in [0.25, 0.3) is 0 Å². The van der Waals surface area contributed by atoms with Crippen LogP contribution in [0.3, 0.4) is 0 Å². The lowest BCUT2D eigenvalue weighted by molar-refractivity contribution is 0.572. The lowest BCUT2D eigenvalue weighted by Crippen LogP contribution is -2.36. The third-order valence-corrected chi connectivity index (χ3v) is 3.01. The maximum absolute atomic E-state index is 2.50. The first-order valence-corrected chi connectivity index (χ1v) is 6.17. The number of fused-ring (bicyclic) bond motifs is 1. The monoisotopic (exact) mass is 205 g/mol. The molecule has 0 bridgehead atoms. The van der Waals surface area contributed by atoms with E-state index in [9.17, 15) is 0 Å². The van der Waals surface area contributed by atoms with Crippen molar-refractivity contribution in [2.45, 2.75) is 46.6 Å². The summed E-state index contributed by atoms with van der Waals surface area (Å²) < 4.78 is 0. The number of nitrogens with zero attached hydrogens (tertiary/aromatic N) is 1. The third kappa shape index (κ3) is 2.53. The summed E-state index contributed by atoms with van der Waals surface area (Å²) >= 11 is 0. The highest BCUT2D eigenvalue weighted by Crippen LogP contribution is 2.29. The van der Waals surface area contributed by atoms with Gasteiger partial charge in [-0.1, -0.05) is 32.0 Å². The maximum Gasteiger partial charge on any atom is 0.0401 e. The Hall–Kier alpha value is -0.980. The Morgan fingerprint density at radius 2 is 1.93 bits per heavy atom. The van der Waals surface area contributed by atoms with Gasteiger partial charge >= 0.3 is 0 Å². The quantitative estimate of drug-likeness (QED) is 0.672. The molecule has 2 rings (SSSR count). The highest BCUT2D eigenvalue weighted by atomic mass is 15.2. The van der Waals surface area contributed by atoms with Gasteiger partial charge in [0.05, 0.1) is 0 Å². The molecule has 1 atom stereocenters. The van der Waals surface area contributed by atoms with Gasteiger partial charge in [0, 0.05) is 18.3 Å². The van der Waals surface area contributed by atoms with Crippen LogP contribution in [0.15, 0.2) is 24.3 Å². The van der Waals surface area contributed by atoms with Gasteiger partial charge in [0.15, 0.2) is 0 Å². The maximum atomic E-state index is 2.50. The van der Waals surface area contributed by atoms with Gasteiger partial charge in [-0.05, 0) is 38.3 Å². The molecule has 0 fully saturated rings. The molecule has 0 saturated carbocycles. The molecule has 15 heavy (non-hydrogen) atoms. The predicted molar refractivity (Wildman–Crippen MR) is 68.6 cm³/mol. The normalized spacial score (nSPS) is 18.9. The third-order valence-electron chi connectivity index (χ3n) is 3.01. The van der Waals surface area contributed by atoms with Crippen LogP contribution < -0.4 is 4.90 Å². The Bertz CT molecular complexity index is 293. The lowest BCUT2D eigenvalue weighted by Gasteiger charge is -2.36. The second kappa shape index (κ2) is 5.79. The summed E-state index contributed by atoms with van der Waals surface area (Å²) in [6.45, 7) is 9.68. The molecule has 0 amide bonds. The average Bonchev–Trinajstić information content (AvgIpc) is 2.32. The lowest BCUT2D eigenvalue weighted by atomic mass is 9.97. The van der Waals surface area contributed by atoms with Gasteiger partial charge in [-0.25, -0.2) is 0 Å². The van der Waals surface area contributed by atoms with Crippen LogP contribution in [-0.2, 0) is 6.42 Å². The molecule has 84 valence electrons. The molecule has 1 aromatic carbocycles. The van der Waals surface area contributed by atoms with Gasteiger partial charge in [-0.15, -0.1) is 0 Å². The minimum atomic E-state index is 0.708. The number of rotatable bonds is 1. The Morgan fingerprint density at radius 3 is 2.60 bits per heavy atom. The van der Waals surface area contributed by atoms with E-state index in [1.165, 1.54) is 24.1 Å². The van der Waals surface area contributed by atoms with Crippen molar-refractivity contribution < 1.29 is 0 Å². The molecule has 0 N–H and O–H groups in total. The van der Waals surface area contributed by atoms with E-state index in [1.807, 2.05) is 13.8 Å². The number of anilines is 1. The first kappa shape index (κ1) is 12.1. The summed E-state index contributed by atoms with van der Waals surface area (Å²) in [5.74, 6) is 0. The van der Waals surface area contributed by atoms with E-state index >= 15 is 0 Å². The smallest absolute Gasteiger partial charge is 0.0401 e. The van der Waals surface area contributed by atoms with Gasteiger partial charge in [-0.3, -0.25) is 0 Å². The molecule has 1 heterocycles. The molecule has 0 saturated heterocycles. The number of benzene rings is 1. The topological polar surface area (TPSA) is 3.24 Å². The van der Waals surface area contributed by atoms with E-state index in [-0.39, 0.29) is 0 Å². The molecule has 1 aromatic rings. The summed E-state index contributed by atoms with van der Waals surface area (Å²) in [5, 5.41) is 0. The highest BCUT2D eigenvalue weighted by Gasteiger charge is 2.20. The molecule has 1 unspecified atom stereocenters.